The van der Waals surface area contributed by atoms with Crippen LogP contribution in [0.2, 0.25) is 0 Å². The van der Waals surface area contributed by atoms with Crippen LogP contribution in [-0.4, -0.2) is 46.3 Å². The maximum absolute atomic E-state index is 12.9. The number of nitrogens with zero attached hydrogens (tertiary/aromatic N) is 3. The standard InChI is InChI=1S/C13H20F2N4O/c1-13(16-2)4-6-19(7-5-13)12(20)9-8-18(3)17-10(9)11(14)15/h8,11,16H,4-7H2,1-3H3. The van der Waals surface area contributed by atoms with Gasteiger partial charge in [-0.2, -0.15) is 5.10 Å². The number of amides is 1. The molecule has 0 unspecified atom stereocenters. The Kier molecular flexibility index (Phi) is 4.08. The molecule has 2 heterocycles. The van der Waals surface area contributed by atoms with E-state index in [-0.39, 0.29) is 17.0 Å². The van der Waals surface area contributed by atoms with Crippen LogP contribution in [0, 0.1) is 0 Å². The van der Waals surface area contributed by atoms with Crippen LogP contribution in [0.25, 0.3) is 0 Å². The lowest BCUT2D eigenvalue weighted by molar-refractivity contribution is 0.0650. The first-order valence-corrected chi connectivity index (χ1v) is 6.66. The molecule has 1 aliphatic rings. The van der Waals surface area contributed by atoms with Gasteiger partial charge in [-0.15, -0.1) is 0 Å². The van der Waals surface area contributed by atoms with Crippen molar-refractivity contribution in [2.24, 2.45) is 7.05 Å². The molecule has 1 aromatic rings. The molecule has 1 N–H and O–H groups in total. The van der Waals surface area contributed by atoms with Crippen molar-refractivity contribution in [2.75, 3.05) is 20.1 Å². The monoisotopic (exact) mass is 286 g/mol. The van der Waals surface area contributed by atoms with Crippen LogP contribution in [0.5, 0.6) is 0 Å². The van der Waals surface area contributed by atoms with E-state index in [0.717, 1.165) is 12.8 Å². The second-order valence-electron chi connectivity index (χ2n) is 5.51. The van der Waals surface area contributed by atoms with Gasteiger partial charge in [-0.05, 0) is 26.8 Å². The number of carbonyl (C=O) groups excluding carboxylic acids is 1. The van der Waals surface area contributed by atoms with Crippen LogP contribution >= 0.6 is 0 Å². The molecule has 0 aliphatic carbocycles. The van der Waals surface area contributed by atoms with Crippen molar-refractivity contribution in [1.29, 1.82) is 0 Å². The molecule has 0 saturated carbocycles. The van der Waals surface area contributed by atoms with Crippen molar-refractivity contribution in [1.82, 2.24) is 20.0 Å². The highest BCUT2D eigenvalue weighted by molar-refractivity contribution is 5.95. The summed E-state index contributed by atoms with van der Waals surface area (Å²) in [7, 11) is 3.43. The average Bonchev–Trinajstić information content (AvgIpc) is 2.81. The molecule has 0 aromatic carbocycles. The van der Waals surface area contributed by atoms with Crippen molar-refractivity contribution in [3.63, 3.8) is 0 Å². The number of nitrogens with one attached hydrogen (secondary N) is 1. The summed E-state index contributed by atoms with van der Waals surface area (Å²) in [5.41, 5.74) is -0.410. The molecule has 112 valence electrons. The van der Waals surface area contributed by atoms with Crippen LogP contribution in [0.1, 0.15) is 42.2 Å². The summed E-state index contributed by atoms with van der Waals surface area (Å²) in [5.74, 6) is -0.355. The summed E-state index contributed by atoms with van der Waals surface area (Å²) in [6, 6.07) is 0. The Morgan fingerprint density at radius 2 is 2.05 bits per heavy atom. The van der Waals surface area contributed by atoms with Gasteiger partial charge in [0.2, 0.25) is 0 Å². The number of hydrogen-bond donors (Lipinski definition) is 1. The third-order valence-electron chi connectivity index (χ3n) is 4.05. The number of rotatable bonds is 3. The number of piperidine rings is 1. The highest BCUT2D eigenvalue weighted by Gasteiger charge is 2.33. The van der Waals surface area contributed by atoms with Crippen molar-refractivity contribution < 1.29 is 13.6 Å². The van der Waals surface area contributed by atoms with Crippen LogP contribution < -0.4 is 5.32 Å². The molecular weight excluding hydrogens is 266 g/mol. The summed E-state index contributed by atoms with van der Waals surface area (Å²) in [6.07, 6.45) is 0.247. The minimum Gasteiger partial charge on any atom is -0.338 e. The van der Waals surface area contributed by atoms with Crippen LogP contribution in [0.15, 0.2) is 6.20 Å². The topological polar surface area (TPSA) is 50.2 Å². The van der Waals surface area contributed by atoms with Gasteiger partial charge in [0, 0.05) is 31.9 Å². The number of hydrogen-bond acceptors (Lipinski definition) is 3. The van der Waals surface area contributed by atoms with E-state index in [2.05, 4.69) is 17.3 Å². The SMILES string of the molecule is CNC1(C)CCN(C(=O)c2cn(C)nc2C(F)F)CC1. The zero-order chi connectivity index (χ0) is 14.9. The maximum Gasteiger partial charge on any atom is 0.282 e. The van der Waals surface area contributed by atoms with Gasteiger partial charge in [-0.3, -0.25) is 9.48 Å². The smallest absolute Gasteiger partial charge is 0.282 e. The van der Waals surface area contributed by atoms with Gasteiger partial charge in [-0.25, -0.2) is 8.78 Å². The highest BCUT2D eigenvalue weighted by Crippen LogP contribution is 2.26. The molecule has 5 nitrogen and oxygen atoms in total. The maximum atomic E-state index is 12.9. The van der Waals surface area contributed by atoms with Crippen LogP contribution in [0.3, 0.4) is 0 Å². The van der Waals surface area contributed by atoms with E-state index in [1.165, 1.54) is 17.9 Å². The minimum absolute atomic E-state index is 0.00978. The Morgan fingerprint density at radius 1 is 1.45 bits per heavy atom. The van der Waals surface area contributed by atoms with Crippen molar-refractivity contribution in [3.05, 3.63) is 17.5 Å². The molecule has 1 fully saturated rings. The Hall–Kier alpha value is -1.50. The molecule has 0 spiro atoms. The first-order valence-electron chi connectivity index (χ1n) is 6.66. The Labute approximate surface area is 116 Å². The van der Waals surface area contributed by atoms with E-state index < -0.39 is 12.1 Å². The number of likely N-dealkylation sites (tertiary alicyclic amines) is 1. The highest BCUT2D eigenvalue weighted by atomic mass is 19.3. The second kappa shape index (κ2) is 5.47. The molecule has 1 aromatic heterocycles. The number of halogens is 2. The fraction of sp³-hybridized carbons (Fsp3) is 0.692. The summed E-state index contributed by atoms with van der Waals surface area (Å²) in [5, 5.41) is 6.92. The quantitative estimate of drug-likeness (QED) is 0.917. The Bertz CT molecular complexity index is 493. The molecular formula is C13H20F2N4O. The van der Waals surface area contributed by atoms with Gasteiger partial charge >= 0.3 is 0 Å². The Morgan fingerprint density at radius 3 is 2.55 bits per heavy atom. The third-order valence-corrected chi connectivity index (χ3v) is 4.05. The summed E-state index contributed by atoms with van der Waals surface area (Å²) < 4.78 is 27.0. The van der Waals surface area contributed by atoms with Crippen LogP contribution in [-0.2, 0) is 7.05 Å². The molecule has 1 amide bonds. The van der Waals surface area contributed by atoms with Crippen molar-refractivity contribution >= 4 is 5.91 Å². The summed E-state index contributed by atoms with van der Waals surface area (Å²) in [4.78, 5) is 14.0. The van der Waals surface area contributed by atoms with Gasteiger partial charge in [0.1, 0.15) is 5.69 Å². The molecule has 0 bridgehead atoms. The lowest BCUT2D eigenvalue weighted by Gasteiger charge is -2.39. The molecule has 1 aliphatic heterocycles. The summed E-state index contributed by atoms with van der Waals surface area (Å²) >= 11 is 0. The van der Waals surface area contributed by atoms with Crippen molar-refractivity contribution in [2.45, 2.75) is 31.7 Å². The van der Waals surface area contributed by atoms with Gasteiger partial charge in [0.15, 0.2) is 0 Å². The zero-order valence-electron chi connectivity index (χ0n) is 12.0. The largest absolute Gasteiger partial charge is 0.338 e. The first kappa shape index (κ1) is 14.9. The predicted octanol–water partition coefficient (Wildman–Crippen LogP) is 1.57. The number of alkyl halides is 2. The van der Waals surface area contributed by atoms with E-state index in [1.807, 2.05) is 7.05 Å². The molecule has 1 saturated heterocycles. The van der Waals surface area contributed by atoms with E-state index in [9.17, 15) is 13.6 Å². The van der Waals surface area contributed by atoms with Gasteiger partial charge in [0.25, 0.3) is 12.3 Å². The lowest BCUT2D eigenvalue weighted by atomic mass is 9.89. The van der Waals surface area contributed by atoms with Gasteiger partial charge in [0.05, 0.1) is 5.56 Å². The number of aromatic nitrogens is 2. The summed E-state index contributed by atoms with van der Waals surface area (Å²) in [6.45, 7) is 3.23. The van der Waals surface area contributed by atoms with E-state index >= 15 is 0 Å². The molecule has 2 rings (SSSR count). The Balaban J connectivity index is 2.13. The molecule has 7 heteroatoms. The number of carbonyl (C=O) groups is 1. The van der Waals surface area contributed by atoms with E-state index in [1.54, 1.807) is 4.90 Å². The minimum atomic E-state index is -2.73. The van der Waals surface area contributed by atoms with Gasteiger partial charge < -0.3 is 10.2 Å². The molecule has 0 radical (unpaired) electrons. The fourth-order valence-corrected chi connectivity index (χ4v) is 2.46. The van der Waals surface area contributed by atoms with Gasteiger partial charge in [-0.1, -0.05) is 0 Å². The van der Waals surface area contributed by atoms with E-state index in [0.29, 0.717) is 13.1 Å². The molecule has 0 atom stereocenters. The fourth-order valence-electron chi connectivity index (χ4n) is 2.46. The average molecular weight is 286 g/mol. The lowest BCUT2D eigenvalue weighted by Crippen LogP contribution is -2.51. The number of aryl methyl sites for hydroxylation is 1. The second-order valence-corrected chi connectivity index (χ2v) is 5.51. The van der Waals surface area contributed by atoms with Crippen LogP contribution in [0.4, 0.5) is 8.78 Å². The third kappa shape index (κ3) is 2.82. The first-order chi connectivity index (χ1) is 9.36. The van der Waals surface area contributed by atoms with E-state index in [4.69, 9.17) is 0 Å². The van der Waals surface area contributed by atoms with Crippen molar-refractivity contribution in [3.8, 4) is 0 Å². The normalized spacial score (nSPS) is 18.6. The molecule has 20 heavy (non-hydrogen) atoms. The predicted molar refractivity (Wildman–Crippen MR) is 70.8 cm³/mol. The zero-order valence-corrected chi connectivity index (χ0v) is 12.0.